The molecule has 2 saturated heterocycles. The molecule has 5 unspecified atom stereocenters. The monoisotopic (exact) mass is 488 g/mol. The van der Waals surface area contributed by atoms with Crippen LogP contribution in [0.5, 0.6) is 0 Å². The molecule has 0 N–H and O–H groups in total. The van der Waals surface area contributed by atoms with Crippen molar-refractivity contribution in [3.63, 3.8) is 0 Å². The third-order valence-electron chi connectivity index (χ3n) is 5.87. The number of hydrogen-bond donors (Lipinski definition) is 0. The van der Waals surface area contributed by atoms with Crippen LogP contribution in [-0.2, 0) is 19.0 Å². The van der Waals surface area contributed by atoms with Crippen LogP contribution in [0, 0.1) is 11.6 Å². The average Bonchev–Trinajstić information content (AvgIpc) is 3.36. The molecule has 0 radical (unpaired) electrons. The van der Waals surface area contributed by atoms with Gasteiger partial charge >= 0.3 is 0 Å². The van der Waals surface area contributed by atoms with Crippen LogP contribution in [0.25, 0.3) is 11.3 Å². The molecule has 1 amide bonds. The number of nitrogens with zero attached hydrogens (tertiary/aromatic N) is 4. The summed E-state index contributed by atoms with van der Waals surface area (Å²) in [6.45, 7) is 3.48. The minimum absolute atomic E-state index is 0.171. The Morgan fingerprint density at radius 1 is 1.18 bits per heavy atom. The maximum absolute atomic E-state index is 14.0. The van der Waals surface area contributed by atoms with Crippen molar-refractivity contribution in [2.45, 2.75) is 37.1 Å². The van der Waals surface area contributed by atoms with Gasteiger partial charge in [-0.1, -0.05) is 47.1 Å². The Morgan fingerprint density at radius 3 is 2.62 bits per heavy atom. The third-order valence-corrected chi connectivity index (χ3v) is 6.23. The minimum atomic E-state index is -0.904. The highest BCUT2D eigenvalue weighted by Crippen LogP contribution is 2.39. The molecular formula is C23H19ClF2N4O4. The van der Waals surface area contributed by atoms with E-state index in [0.29, 0.717) is 0 Å². The van der Waals surface area contributed by atoms with Crippen molar-refractivity contribution in [1.82, 2.24) is 15.0 Å². The summed E-state index contributed by atoms with van der Waals surface area (Å²) >= 11 is 5.58. The van der Waals surface area contributed by atoms with Gasteiger partial charge in [0.1, 0.15) is 40.7 Å². The lowest BCUT2D eigenvalue weighted by atomic mass is 9.94. The number of fused-ring (bicyclic) bond motifs is 1. The van der Waals surface area contributed by atoms with Crippen LogP contribution in [0.2, 0.25) is 5.02 Å². The number of carbonyl (C=O) groups excluding carboxylic acids is 1. The number of aliphatic imine (C=N–C) groups is 1. The normalized spacial score (nSPS) is 26.6. The van der Waals surface area contributed by atoms with Crippen LogP contribution in [0.15, 0.2) is 53.7 Å². The van der Waals surface area contributed by atoms with E-state index in [9.17, 15) is 13.6 Å². The van der Waals surface area contributed by atoms with E-state index in [0.717, 1.165) is 17.7 Å². The molecule has 2 aliphatic rings. The van der Waals surface area contributed by atoms with Gasteiger partial charge in [0.05, 0.1) is 18.8 Å². The lowest BCUT2D eigenvalue weighted by Crippen LogP contribution is -2.54. The van der Waals surface area contributed by atoms with Crippen molar-refractivity contribution >= 4 is 24.2 Å². The third kappa shape index (κ3) is 4.25. The van der Waals surface area contributed by atoms with Crippen LogP contribution in [-0.4, -0.2) is 52.5 Å². The Balaban J connectivity index is 1.47. The summed E-state index contributed by atoms with van der Waals surface area (Å²) in [7, 11) is 0. The van der Waals surface area contributed by atoms with Gasteiger partial charge in [-0.3, -0.25) is 4.79 Å². The van der Waals surface area contributed by atoms with Crippen molar-refractivity contribution in [3.05, 3.63) is 70.9 Å². The zero-order chi connectivity index (χ0) is 23.8. The van der Waals surface area contributed by atoms with E-state index in [4.69, 9.17) is 25.8 Å². The first-order valence-corrected chi connectivity index (χ1v) is 10.9. The SMILES string of the molecule is C=NC(=O)C1CC(n2cc(-c3cc(F)c(Cl)c(F)c3)nn2)C2OC(c3ccccc3)OCC2O1. The van der Waals surface area contributed by atoms with E-state index in [-0.39, 0.29) is 24.3 Å². The summed E-state index contributed by atoms with van der Waals surface area (Å²) < 4.78 is 47.4. The van der Waals surface area contributed by atoms with Gasteiger partial charge in [-0.2, -0.15) is 0 Å². The van der Waals surface area contributed by atoms with Gasteiger partial charge in [0, 0.05) is 17.5 Å². The molecule has 2 aromatic carbocycles. The van der Waals surface area contributed by atoms with Gasteiger partial charge < -0.3 is 14.2 Å². The molecule has 11 heteroatoms. The lowest BCUT2D eigenvalue weighted by molar-refractivity contribution is -0.297. The fraction of sp³-hybridized carbons (Fsp3) is 0.304. The lowest BCUT2D eigenvalue weighted by Gasteiger charge is -2.45. The highest BCUT2D eigenvalue weighted by molar-refractivity contribution is 6.31. The van der Waals surface area contributed by atoms with E-state index < -0.39 is 53.2 Å². The zero-order valence-electron chi connectivity index (χ0n) is 17.7. The molecule has 1 aromatic heterocycles. The zero-order valence-corrected chi connectivity index (χ0v) is 18.4. The predicted molar refractivity (Wildman–Crippen MR) is 117 cm³/mol. The summed E-state index contributed by atoms with van der Waals surface area (Å²) in [5.74, 6) is -2.33. The van der Waals surface area contributed by atoms with Crippen LogP contribution < -0.4 is 0 Å². The molecule has 5 atom stereocenters. The summed E-state index contributed by atoms with van der Waals surface area (Å²) in [5.41, 5.74) is 1.23. The number of aromatic nitrogens is 3. The van der Waals surface area contributed by atoms with Crippen LogP contribution in [0.3, 0.4) is 0 Å². The number of hydrogen-bond acceptors (Lipinski definition) is 6. The molecule has 3 aromatic rings. The molecule has 8 nitrogen and oxygen atoms in total. The standard InChI is InChI=1S/C23H19ClF2N4O4/c1-27-22(31)18-9-17(21-19(33-18)11-32-23(34-21)12-5-3-2-4-6-12)30-10-16(28-29-30)13-7-14(25)20(24)15(26)8-13/h2-8,10,17-19,21,23H,1,9,11H2. The number of amides is 1. The molecule has 0 spiro atoms. The minimum Gasteiger partial charge on any atom is -0.360 e. The Hall–Kier alpha value is -3.05. The second-order valence-electron chi connectivity index (χ2n) is 7.98. The summed E-state index contributed by atoms with van der Waals surface area (Å²) in [6, 6.07) is 11.1. The van der Waals surface area contributed by atoms with E-state index in [2.05, 4.69) is 22.0 Å². The van der Waals surface area contributed by atoms with Crippen LogP contribution in [0.4, 0.5) is 8.78 Å². The summed E-state index contributed by atoms with van der Waals surface area (Å²) in [4.78, 5) is 15.7. The van der Waals surface area contributed by atoms with Gasteiger partial charge in [0.25, 0.3) is 5.91 Å². The fourth-order valence-electron chi connectivity index (χ4n) is 4.20. The number of carbonyl (C=O) groups is 1. The van der Waals surface area contributed by atoms with Gasteiger partial charge in [-0.15, -0.1) is 5.10 Å². The molecule has 0 aliphatic carbocycles. The van der Waals surface area contributed by atoms with E-state index in [1.165, 1.54) is 10.9 Å². The highest BCUT2D eigenvalue weighted by Gasteiger charge is 2.47. The Morgan fingerprint density at radius 2 is 1.91 bits per heavy atom. The first-order chi connectivity index (χ1) is 16.4. The first-order valence-electron chi connectivity index (χ1n) is 10.5. The Labute approximate surface area is 198 Å². The first kappa shape index (κ1) is 22.7. The van der Waals surface area contributed by atoms with Crippen molar-refractivity contribution in [3.8, 4) is 11.3 Å². The fourth-order valence-corrected chi connectivity index (χ4v) is 4.31. The molecule has 0 saturated carbocycles. The van der Waals surface area contributed by atoms with Crippen LogP contribution >= 0.6 is 11.6 Å². The summed E-state index contributed by atoms with van der Waals surface area (Å²) in [6.07, 6.45) is -0.905. The van der Waals surface area contributed by atoms with Crippen molar-refractivity contribution in [2.24, 2.45) is 4.99 Å². The number of benzene rings is 2. The van der Waals surface area contributed by atoms with Crippen molar-refractivity contribution < 1.29 is 27.8 Å². The number of rotatable bonds is 4. The second kappa shape index (κ2) is 9.30. The van der Waals surface area contributed by atoms with Gasteiger partial charge in [0.2, 0.25) is 0 Å². The van der Waals surface area contributed by atoms with Crippen molar-refractivity contribution in [2.75, 3.05) is 6.61 Å². The molecule has 34 heavy (non-hydrogen) atoms. The molecule has 5 rings (SSSR count). The maximum atomic E-state index is 14.0. The van der Waals surface area contributed by atoms with E-state index in [1.54, 1.807) is 0 Å². The number of ether oxygens (including phenoxy) is 3. The molecule has 3 heterocycles. The van der Waals surface area contributed by atoms with Crippen LogP contribution in [0.1, 0.15) is 24.3 Å². The molecule has 0 bridgehead atoms. The Kier molecular flexibility index (Phi) is 6.22. The quantitative estimate of drug-likeness (QED) is 0.408. The van der Waals surface area contributed by atoms with Gasteiger partial charge in [-0.05, 0) is 18.9 Å². The number of halogens is 3. The smallest absolute Gasteiger partial charge is 0.274 e. The maximum Gasteiger partial charge on any atom is 0.274 e. The molecule has 176 valence electrons. The van der Waals surface area contributed by atoms with Crippen molar-refractivity contribution in [1.29, 1.82) is 0 Å². The second-order valence-corrected chi connectivity index (χ2v) is 8.35. The topological polar surface area (TPSA) is 87.8 Å². The van der Waals surface area contributed by atoms with E-state index >= 15 is 0 Å². The largest absolute Gasteiger partial charge is 0.360 e. The molecule has 2 aliphatic heterocycles. The van der Waals surface area contributed by atoms with E-state index in [1.807, 2.05) is 30.3 Å². The summed E-state index contributed by atoms with van der Waals surface area (Å²) in [5, 5.41) is 7.63. The highest BCUT2D eigenvalue weighted by atomic mass is 35.5. The van der Waals surface area contributed by atoms with Gasteiger partial charge in [0.15, 0.2) is 6.29 Å². The molecule has 2 fully saturated rings. The van der Waals surface area contributed by atoms with Gasteiger partial charge in [-0.25, -0.2) is 18.5 Å². The Bertz CT molecular complexity index is 1200. The molecular weight excluding hydrogens is 470 g/mol. The predicted octanol–water partition coefficient (Wildman–Crippen LogP) is 3.92. The average molecular weight is 489 g/mol.